The number of unbranched alkanes of at least 4 members (excludes halogenated alkanes) is 1. The van der Waals surface area contributed by atoms with Crippen molar-refractivity contribution in [1.82, 2.24) is 0 Å². The second-order valence-electron chi connectivity index (χ2n) is 7.03. The molecule has 0 atom stereocenters. The van der Waals surface area contributed by atoms with E-state index < -0.39 is 11.6 Å². The van der Waals surface area contributed by atoms with Crippen molar-refractivity contribution in [2.24, 2.45) is 5.92 Å². The van der Waals surface area contributed by atoms with E-state index in [-0.39, 0.29) is 5.92 Å². The second kappa shape index (κ2) is 8.61. The number of rotatable bonds is 6. The summed E-state index contributed by atoms with van der Waals surface area (Å²) < 4.78 is 29.3. The van der Waals surface area contributed by atoms with Gasteiger partial charge in [0.2, 0.25) is 0 Å². The zero-order chi connectivity index (χ0) is 16.8. The predicted molar refractivity (Wildman–Crippen MR) is 94.5 cm³/mol. The minimum absolute atomic E-state index is 0.184. The number of halogens is 2. The van der Waals surface area contributed by atoms with Gasteiger partial charge in [0.05, 0.1) is 0 Å². The molecule has 1 aromatic carbocycles. The van der Waals surface area contributed by atoms with Crippen LogP contribution in [0.15, 0.2) is 18.2 Å². The first-order chi connectivity index (χ1) is 11.1. The summed E-state index contributed by atoms with van der Waals surface area (Å²) in [5.41, 5.74) is 2.00. The van der Waals surface area contributed by atoms with Crippen molar-refractivity contribution >= 4 is 5.57 Å². The van der Waals surface area contributed by atoms with Crippen LogP contribution in [0.25, 0.3) is 5.57 Å². The molecule has 0 aliphatic heterocycles. The number of allylic oxidation sites excluding steroid dienone is 2. The van der Waals surface area contributed by atoms with Gasteiger partial charge in [-0.25, -0.2) is 8.78 Å². The van der Waals surface area contributed by atoms with Crippen molar-refractivity contribution in [3.8, 4) is 0 Å². The van der Waals surface area contributed by atoms with E-state index in [1.54, 1.807) is 0 Å². The zero-order valence-corrected chi connectivity index (χ0v) is 14.8. The van der Waals surface area contributed by atoms with Crippen molar-refractivity contribution in [3.63, 3.8) is 0 Å². The maximum absolute atomic E-state index is 14.7. The zero-order valence-electron chi connectivity index (χ0n) is 14.8. The quantitative estimate of drug-likeness (QED) is 0.518. The van der Waals surface area contributed by atoms with Crippen LogP contribution in [0.3, 0.4) is 0 Å². The van der Waals surface area contributed by atoms with Gasteiger partial charge in [0.15, 0.2) is 11.6 Å². The molecule has 0 saturated heterocycles. The van der Waals surface area contributed by atoms with Crippen LogP contribution >= 0.6 is 0 Å². The van der Waals surface area contributed by atoms with Crippen molar-refractivity contribution in [1.29, 1.82) is 0 Å². The average Bonchev–Trinajstić information content (AvgIpc) is 2.55. The molecule has 1 aliphatic carbocycles. The molecule has 1 fully saturated rings. The van der Waals surface area contributed by atoms with Gasteiger partial charge in [-0.2, -0.15) is 0 Å². The molecule has 2 rings (SSSR count). The summed E-state index contributed by atoms with van der Waals surface area (Å²) in [5, 5.41) is 0. The van der Waals surface area contributed by atoms with Crippen LogP contribution in [0, 0.1) is 17.6 Å². The molecule has 0 unspecified atom stereocenters. The Balaban J connectivity index is 2.27. The minimum Gasteiger partial charge on any atom is -0.203 e. The van der Waals surface area contributed by atoms with Crippen molar-refractivity contribution in [3.05, 3.63) is 41.0 Å². The van der Waals surface area contributed by atoms with Crippen molar-refractivity contribution < 1.29 is 8.78 Å². The summed E-state index contributed by atoms with van der Waals surface area (Å²) >= 11 is 0. The van der Waals surface area contributed by atoms with Gasteiger partial charge in [0.25, 0.3) is 0 Å². The van der Waals surface area contributed by atoms with Crippen LogP contribution in [0.1, 0.15) is 89.2 Å². The van der Waals surface area contributed by atoms with E-state index >= 15 is 0 Å². The third-order valence-corrected chi connectivity index (χ3v) is 5.16. The molecule has 2 heteroatoms. The highest BCUT2D eigenvalue weighted by Gasteiger charge is 2.25. The first-order valence-corrected chi connectivity index (χ1v) is 9.25. The molecule has 0 spiro atoms. The monoisotopic (exact) mass is 320 g/mol. The smallest absolute Gasteiger partial charge is 0.166 e. The Morgan fingerprint density at radius 2 is 1.78 bits per heavy atom. The summed E-state index contributed by atoms with van der Waals surface area (Å²) in [6.45, 7) is 6.40. The number of hydrogen-bond acceptors (Lipinski definition) is 0. The van der Waals surface area contributed by atoms with Gasteiger partial charge in [0.1, 0.15) is 0 Å². The van der Waals surface area contributed by atoms with Gasteiger partial charge in [-0.15, -0.1) is 0 Å². The lowest BCUT2D eigenvalue weighted by Crippen LogP contribution is -2.13. The molecule has 0 bridgehead atoms. The Kier molecular flexibility index (Phi) is 6.80. The van der Waals surface area contributed by atoms with Crippen LogP contribution < -0.4 is 0 Å². The van der Waals surface area contributed by atoms with Crippen LogP contribution in [-0.2, 0) is 0 Å². The molecule has 128 valence electrons. The summed E-state index contributed by atoms with van der Waals surface area (Å²) in [5.74, 6) is -0.354. The highest BCUT2D eigenvalue weighted by molar-refractivity contribution is 5.66. The third-order valence-electron chi connectivity index (χ3n) is 5.16. The van der Waals surface area contributed by atoms with E-state index in [0.29, 0.717) is 17.0 Å². The fourth-order valence-corrected chi connectivity index (χ4v) is 3.66. The molecule has 23 heavy (non-hydrogen) atoms. The highest BCUT2D eigenvalue weighted by atomic mass is 19.2. The molecule has 0 amide bonds. The SMILES string of the molecule is CC/C=C(\CCCC)c1ccc(C2CCC(C)CC2)c(F)c1F. The molecule has 1 saturated carbocycles. The number of hydrogen-bond donors (Lipinski definition) is 0. The maximum atomic E-state index is 14.7. The molecular formula is C21H30F2. The normalized spacial score (nSPS) is 22.4. The lowest BCUT2D eigenvalue weighted by atomic mass is 9.79. The van der Waals surface area contributed by atoms with Crippen molar-refractivity contribution in [2.45, 2.75) is 78.1 Å². The Morgan fingerprint density at radius 3 is 2.39 bits per heavy atom. The molecule has 0 heterocycles. The van der Waals surface area contributed by atoms with Gasteiger partial charge in [0, 0.05) is 5.56 Å². The van der Waals surface area contributed by atoms with Crippen LogP contribution in [-0.4, -0.2) is 0 Å². The number of benzene rings is 1. The summed E-state index contributed by atoms with van der Waals surface area (Å²) in [7, 11) is 0. The third kappa shape index (κ3) is 4.43. The van der Waals surface area contributed by atoms with Crippen LogP contribution in [0.2, 0.25) is 0 Å². The second-order valence-corrected chi connectivity index (χ2v) is 7.03. The molecule has 1 aliphatic rings. The molecule has 0 aromatic heterocycles. The van der Waals surface area contributed by atoms with Gasteiger partial charge in [-0.1, -0.05) is 58.2 Å². The molecular weight excluding hydrogens is 290 g/mol. The topological polar surface area (TPSA) is 0 Å². The fraction of sp³-hybridized carbons (Fsp3) is 0.619. The van der Waals surface area contributed by atoms with Gasteiger partial charge < -0.3 is 0 Å². The van der Waals surface area contributed by atoms with E-state index in [1.165, 1.54) is 0 Å². The fourth-order valence-electron chi connectivity index (χ4n) is 3.66. The van der Waals surface area contributed by atoms with Crippen molar-refractivity contribution in [2.75, 3.05) is 0 Å². The van der Waals surface area contributed by atoms with Gasteiger partial charge in [-0.3, -0.25) is 0 Å². The highest BCUT2D eigenvalue weighted by Crippen LogP contribution is 2.38. The molecule has 1 aromatic rings. The first-order valence-electron chi connectivity index (χ1n) is 9.25. The lowest BCUT2D eigenvalue weighted by molar-refractivity contribution is 0.339. The van der Waals surface area contributed by atoms with E-state index in [0.717, 1.165) is 56.9 Å². The van der Waals surface area contributed by atoms with E-state index in [1.807, 2.05) is 25.1 Å². The maximum Gasteiger partial charge on any atom is 0.166 e. The molecule has 0 radical (unpaired) electrons. The minimum atomic E-state index is -0.642. The first kappa shape index (κ1) is 18.2. The summed E-state index contributed by atoms with van der Waals surface area (Å²) in [6, 6.07) is 3.65. The van der Waals surface area contributed by atoms with Gasteiger partial charge >= 0.3 is 0 Å². The Labute approximate surface area is 140 Å². The molecule has 0 nitrogen and oxygen atoms in total. The average molecular weight is 320 g/mol. The van der Waals surface area contributed by atoms with Crippen LogP contribution in [0.4, 0.5) is 8.78 Å². The molecule has 0 N–H and O–H groups in total. The van der Waals surface area contributed by atoms with E-state index in [4.69, 9.17) is 0 Å². The van der Waals surface area contributed by atoms with Gasteiger partial charge in [-0.05, 0) is 55.1 Å². The van der Waals surface area contributed by atoms with E-state index in [9.17, 15) is 8.78 Å². The Morgan fingerprint density at radius 1 is 1.09 bits per heavy atom. The van der Waals surface area contributed by atoms with Crippen LogP contribution in [0.5, 0.6) is 0 Å². The largest absolute Gasteiger partial charge is 0.203 e. The van der Waals surface area contributed by atoms with E-state index in [2.05, 4.69) is 13.8 Å². The summed E-state index contributed by atoms with van der Waals surface area (Å²) in [6.07, 6.45) is 9.96. The lowest BCUT2D eigenvalue weighted by Gasteiger charge is -2.27. The summed E-state index contributed by atoms with van der Waals surface area (Å²) in [4.78, 5) is 0. The standard InChI is InChI=1S/C21H30F2/c1-4-6-8-16(7-5-2)18-13-14-19(21(23)20(18)22)17-11-9-15(3)10-12-17/h7,13-15,17H,4-6,8-12H2,1-3H3/b16-7+. The predicted octanol–water partition coefficient (Wildman–Crippen LogP) is 7.24. The Hall–Kier alpha value is -1.18. The Bertz CT molecular complexity index is 537.